The zero-order valence-electron chi connectivity index (χ0n) is 9.30. The molecule has 1 atom stereocenters. The number of alkyl halides is 1. The third-order valence-corrected chi connectivity index (χ3v) is 3.63. The smallest absolute Gasteiger partial charge is 0.324 e. The molecule has 0 heterocycles. The van der Waals surface area contributed by atoms with Crippen molar-refractivity contribution in [1.82, 2.24) is 0 Å². The van der Waals surface area contributed by atoms with Crippen LogP contribution in [0.25, 0.3) is 0 Å². The predicted molar refractivity (Wildman–Crippen MR) is 71.3 cm³/mol. The molecule has 1 rings (SSSR count). The average Bonchev–Trinajstić information content (AvgIpc) is 2.31. The molecule has 0 bridgehead atoms. The molecule has 1 aromatic rings. The highest BCUT2D eigenvalue weighted by Crippen LogP contribution is 2.37. The topological polar surface area (TPSA) is 35.5 Å². The van der Waals surface area contributed by atoms with Crippen LogP contribution >= 0.6 is 39.1 Å². The molecule has 0 saturated heterocycles. The summed E-state index contributed by atoms with van der Waals surface area (Å²) in [6, 6.07) is 3.14. The maximum Gasteiger partial charge on any atom is 0.324 e. The fourth-order valence-corrected chi connectivity index (χ4v) is 2.08. The fourth-order valence-electron chi connectivity index (χ4n) is 1.26. The summed E-state index contributed by atoms with van der Waals surface area (Å²) < 4.78 is 10.1. The minimum Gasteiger partial charge on any atom is -0.496 e. The van der Waals surface area contributed by atoms with Crippen LogP contribution in [0.1, 0.15) is 17.3 Å². The number of methoxy groups -OCH3 is 1. The summed E-state index contributed by atoms with van der Waals surface area (Å²) in [6.45, 7) is 2.05. The zero-order chi connectivity index (χ0) is 13.0. The van der Waals surface area contributed by atoms with E-state index in [4.69, 9.17) is 32.7 Å². The molecule has 0 fully saturated rings. The van der Waals surface area contributed by atoms with Crippen LogP contribution in [0.2, 0.25) is 10.0 Å². The number of rotatable bonds is 4. The van der Waals surface area contributed by atoms with Gasteiger partial charge in [-0.25, -0.2) is 0 Å². The molecule has 94 valence electrons. The SMILES string of the molecule is CCOC(=O)C(Br)c1cc(Cl)c(Cl)cc1OC. The summed E-state index contributed by atoms with van der Waals surface area (Å²) >= 11 is 15.0. The van der Waals surface area contributed by atoms with Crippen LogP contribution in [0.15, 0.2) is 12.1 Å². The normalized spacial score (nSPS) is 12.1. The lowest BCUT2D eigenvalue weighted by molar-refractivity contribution is -0.142. The first-order valence-corrected chi connectivity index (χ1v) is 6.52. The van der Waals surface area contributed by atoms with E-state index >= 15 is 0 Å². The summed E-state index contributed by atoms with van der Waals surface area (Å²) in [4.78, 5) is 11.0. The summed E-state index contributed by atoms with van der Waals surface area (Å²) in [5, 5.41) is 0.729. The second-order valence-electron chi connectivity index (χ2n) is 3.12. The van der Waals surface area contributed by atoms with Gasteiger partial charge in [0.15, 0.2) is 0 Å². The van der Waals surface area contributed by atoms with Crippen LogP contribution in [0, 0.1) is 0 Å². The molecule has 0 aliphatic carbocycles. The highest BCUT2D eigenvalue weighted by Gasteiger charge is 2.23. The van der Waals surface area contributed by atoms with Crippen LogP contribution in [-0.4, -0.2) is 19.7 Å². The minimum atomic E-state index is -0.632. The van der Waals surface area contributed by atoms with Crippen LogP contribution < -0.4 is 4.74 Å². The van der Waals surface area contributed by atoms with Gasteiger partial charge in [-0.2, -0.15) is 0 Å². The number of halogens is 3. The van der Waals surface area contributed by atoms with Gasteiger partial charge in [-0.3, -0.25) is 4.79 Å². The van der Waals surface area contributed by atoms with E-state index < -0.39 is 10.8 Å². The van der Waals surface area contributed by atoms with Crippen LogP contribution in [-0.2, 0) is 9.53 Å². The maximum atomic E-state index is 11.6. The molecule has 3 nitrogen and oxygen atoms in total. The van der Waals surface area contributed by atoms with Gasteiger partial charge in [0.2, 0.25) is 0 Å². The molecule has 1 aromatic carbocycles. The third-order valence-electron chi connectivity index (χ3n) is 2.04. The number of esters is 1. The Labute approximate surface area is 118 Å². The molecule has 0 aromatic heterocycles. The van der Waals surface area contributed by atoms with E-state index in [1.165, 1.54) is 7.11 Å². The highest BCUT2D eigenvalue weighted by atomic mass is 79.9. The molecule has 6 heteroatoms. The lowest BCUT2D eigenvalue weighted by Gasteiger charge is -2.14. The first-order chi connectivity index (χ1) is 8.01. The monoisotopic (exact) mass is 340 g/mol. The molecule has 0 N–H and O–H groups in total. The second-order valence-corrected chi connectivity index (χ2v) is 4.85. The van der Waals surface area contributed by atoms with Gasteiger partial charge in [0.25, 0.3) is 0 Å². The van der Waals surface area contributed by atoms with Gasteiger partial charge in [-0.1, -0.05) is 39.1 Å². The summed E-state index contributed by atoms with van der Waals surface area (Å²) in [7, 11) is 1.49. The minimum absolute atomic E-state index is 0.310. The molecule has 0 saturated carbocycles. The Kier molecular flexibility index (Phi) is 5.56. The Morgan fingerprint density at radius 3 is 2.53 bits per heavy atom. The standard InChI is InChI=1S/C11H11BrCl2O3/c1-3-17-11(15)10(12)6-4-7(13)8(14)5-9(6)16-2/h4-5,10H,3H2,1-2H3. The molecule has 0 spiro atoms. The largest absolute Gasteiger partial charge is 0.496 e. The molecule has 0 aliphatic heterocycles. The summed E-state index contributed by atoms with van der Waals surface area (Å²) in [6.07, 6.45) is 0. The highest BCUT2D eigenvalue weighted by molar-refractivity contribution is 9.09. The lowest BCUT2D eigenvalue weighted by atomic mass is 10.1. The molecule has 1 unspecified atom stereocenters. The molecule has 17 heavy (non-hydrogen) atoms. The molecule has 0 radical (unpaired) electrons. The van der Waals surface area contributed by atoms with Crippen LogP contribution in [0.5, 0.6) is 5.75 Å². The van der Waals surface area contributed by atoms with Crippen LogP contribution in [0.3, 0.4) is 0 Å². The van der Waals surface area contributed by atoms with E-state index in [1.807, 2.05) is 0 Å². The Bertz CT molecular complexity index is 423. The van der Waals surface area contributed by atoms with Gasteiger partial charge in [0.05, 0.1) is 23.8 Å². The number of ether oxygens (including phenoxy) is 2. The van der Waals surface area contributed by atoms with Crippen molar-refractivity contribution < 1.29 is 14.3 Å². The van der Waals surface area contributed by atoms with Crippen molar-refractivity contribution in [2.45, 2.75) is 11.8 Å². The van der Waals surface area contributed by atoms with Crippen molar-refractivity contribution in [3.05, 3.63) is 27.7 Å². The number of carbonyl (C=O) groups is 1. The summed E-state index contributed by atoms with van der Waals surface area (Å²) in [5.41, 5.74) is 0.584. The Morgan fingerprint density at radius 1 is 1.41 bits per heavy atom. The zero-order valence-corrected chi connectivity index (χ0v) is 12.4. The maximum absolute atomic E-state index is 11.6. The van der Waals surface area contributed by atoms with E-state index in [-0.39, 0.29) is 0 Å². The fraction of sp³-hybridized carbons (Fsp3) is 0.364. The van der Waals surface area contributed by atoms with Crippen molar-refractivity contribution in [1.29, 1.82) is 0 Å². The van der Waals surface area contributed by atoms with Gasteiger partial charge in [0.1, 0.15) is 10.6 Å². The predicted octanol–water partition coefficient (Wildman–Crippen LogP) is 4.00. The number of carbonyl (C=O) groups excluding carboxylic acids is 1. The van der Waals surface area contributed by atoms with Crippen LogP contribution in [0.4, 0.5) is 0 Å². The lowest BCUT2D eigenvalue weighted by Crippen LogP contribution is -2.11. The third kappa shape index (κ3) is 3.50. The van der Waals surface area contributed by atoms with E-state index in [9.17, 15) is 4.79 Å². The van der Waals surface area contributed by atoms with Gasteiger partial charge >= 0.3 is 5.97 Å². The van der Waals surface area contributed by atoms with Crippen molar-refractivity contribution in [3.63, 3.8) is 0 Å². The molecular formula is C11H11BrCl2O3. The Balaban J connectivity index is 3.11. The Hall–Kier alpha value is -0.450. The van der Waals surface area contributed by atoms with Crippen molar-refractivity contribution in [2.75, 3.05) is 13.7 Å². The molecule has 0 aliphatic rings. The number of benzene rings is 1. The van der Waals surface area contributed by atoms with Gasteiger partial charge in [-0.05, 0) is 13.0 Å². The van der Waals surface area contributed by atoms with E-state index in [1.54, 1.807) is 19.1 Å². The van der Waals surface area contributed by atoms with Crippen molar-refractivity contribution >= 4 is 45.1 Å². The van der Waals surface area contributed by atoms with E-state index in [2.05, 4.69) is 15.9 Å². The number of hydrogen-bond acceptors (Lipinski definition) is 3. The van der Waals surface area contributed by atoms with Gasteiger partial charge < -0.3 is 9.47 Å². The first kappa shape index (κ1) is 14.6. The van der Waals surface area contributed by atoms with Crippen molar-refractivity contribution in [3.8, 4) is 5.75 Å². The van der Waals surface area contributed by atoms with E-state index in [0.717, 1.165) is 0 Å². The first-order valence-electron chi connectivity index (χ1n) is 4.84. The van der Waals surface area contributed by atoms with Gasteiger partial charge in [0, 0.05) is 11.6 Å². The van der Waals surface area contributed by atoms with E-state index in [0.29, 0.717) is 28.0 Å². The Morgan fingerprint density at radius 2 is 2.00 bits per heavy atom. The molecule has 0 amide bonds. The summed E-state index contributed by atoms with van der Waals surface area (Å²) in [5.74, 6) is 0.0820. The second kappa shape index (κ2) is 6.47. The quantitative estimate of drug-likeness (QED) is 0.613. The number of hydrogen-bond donors (Lipinski definition) is 0. The van der Waals surface area contributed by atoms with Crippen molar-refractivity contribution in [2.24, 2.45) is 0 Å². The molecular weight excluding hydrogens is 331 g/mol. The average molecular weight is 342 g/mol. The van der Waals surface area contributed by atoms with Gasteiger partial charge in [-0.15, -0.1) is 0 Å².